The molecule has 1 atom stereocenters. The maximum absolute atomic E-state index is 13.1. The largest absolute Gasteiger partial charge is 0.444 e. The van der Waals surface area contributed by atoms with Crippen LogP contribution in [0.2, 0.25) is 0 Å². The van der Waals surface area contributed by atoms with Gasteiger partial charge in [0.25, 0.3) is 5.91 Å². The number of nitrogens with one attached hydrogen (secondary N) is 1. The molecule has 7 nitrogen and oxygen atoms in total. The van der Waals surface area contributed by atoms with Gasteiger partial charge in [0, 0.05) is 31.2 Å². The van der Waals surface area contributed by atoms with Gasteiger partial charge in [-0.15, -0.1) is 0 Å². The lowest BCUT2D eigenvalue weighted by Crippen LogP contribution is -2.44. The number of likely N-dealkylation sites (N-methyl/N-ethyl adjacent to an activating group) is 1. The summed E-state index contributed by atoms with van der Waals surface area (Å²) in [6.07, 6.45) is 1.43. The Morgan fingerprint density at radius 3 is 2.43 bits per heavy atom. The van der Waals surface area contributed by atoms with Gasteiger partial charge < -0.3 is 19.4 Å². The molecule has 0 radical (unpaired) electrons. The van der Waals surface area contributed by atoms with Crippen molar-refractivity contribution in [3.63, 3.8) is 0 Å². The quantitative estimate of drug-likeness (QED) is 0.868. The van der Waals surface area contributed by atoms with Crippen molar-refractivity contribution in [1.29, 1.82) is 0 Å². The molecule has 0 saturated carbocycles. The Kier molecular flexibility index (Phi) is 6.06. The van der Waals surface area contributed by atoms with E-state index in [0.717, 1.165) is 11.3 Å². The molecule has 1 N–H and O–H groups in total. The van der Waals surface area contributed by atoms with E-state index in [0.29, 0.717) is 12.2 Å². The van der Waals surface area contributed by atoms with Crippen molar-refractivity contribution in [2.75, 3.05) is 13.6 Å². The summed E-state index contributed by atoms with van der Waals surface area (Å²) >= 11 is 0. The highest BCUT2D eigenvalue weighted by Gasteiger charge is 2.27. The minimum absolute atomic E-state index is 0.183. The van der Waals surface area contributed by atoms with Crippen LogP contribution in [0, 0.1) is 0 Å². The highest BCUT2D eigenvalue weighted by Crippen LogP contribution is 2.25. The van der Waals surface area contributed by atoms with E-state index >= 15 is 0 Å². The van der Waals surface area contributed by atoms with E-state index in [1.807, 2.05) is 56.5 Å². The summed E-state index contributed by atoms with van der Waals surface area (Å²) in [5.74, 6) is 0.650. The van der Waals surface area contributed by atoms with Crippen LogP contribution in [-0.4, -0.2) is 51.5 Å². The lowest BCUT2D eigenvalue weighted by Gasteiger charge is -2.24. The van der Waals surface area contributed by atoms with Crippen LogP contribution in [0.3, 0.4) is 0 Å². The number of hydrogen-bond donors (Lipinski definition) is 1. The highest BCUT2D eigenvalue weighted by molar-refractivity contribution is 5.99. The van der Waals surface area contributed by atoms with Crippen LogP contribution in [-0.2, 0) is 10.2 Å². The number of carbonyl (C=O) groups is 2. The van der Waals surface area contributed by atoms with Crippen LogP contribution in [0.4, 0.5) is 4.79 Å². The zero-order valence-electron chi connectivity index (χ0n) is 18.2. The molecule has 2 rings (SSSR count). The zero-order valence-corrected chi connectivity index (χ0v) is 18.2. The van der Waals surface area contributed by atoms with E-state index < -0.39 is 11.7 Å². The van der Waals surface area contributed by atoms with Gasteiger partial charge in [0.1, 0.15) is 11.4 Å². The van der Waals surface area contributed by atoms with Crippen molar-refractivity contribution in [3.8, 4) is 0 Å². The van der Waals surface area contributed by atoms with Crippen LogP contribution in [0.5, 0.6) is 0 Å². The number of hydrogen-bond acceptors (Lipinski definition) is 4. The third-order valence-electron chi connectivity index (χ3n) is 4.08. The lowest BCUT2D eigenvalue weighted by molar-refractivity contribution is 0.0491. The van der Waals surface area contributed by atoms with Crippen molar-refractivity contribution in [1.82, 2.24) is 19.6 Å². The highest BCUT2D eigenvalue weighted by atomic mass is 16.6. The molecule has 0 aliphatic heterocycles. The van der Waals surface area contributed by atoms with E-state index in [-0.39, 0.29) is 17.4 Å². The molecular formula is C21H32N4O3. The van der Waals surface area contributed by atoms with Crippen LogP contribution < -0.4 is 5.32 Å². The molecule has 0 aliphatic rings. The number of rotatable bonds is 4. The van der Waals surface area contributed by atoms with Gasteiger partial charge in [-0.05, 0) is 39.8 Å². The van der Waals surface area contributed by atoms with Crippen molar-refractivity contribution in [2.24, 2.45) is 0 Å². The number of fused-ring (bicyclic) bond motifs is 1. The van der Waals surface area contributed by atoms with Crippen LogP contribution in [0.25, 0.3) is 5.52 Å². The molecular weight excluding hydrogens is 356 g/mol. The number of pyridine rings is 1. The van der Waals surface area contributed by atoms with Gasteiger partial charge in [-0.1, -0.05) is 26.8 Å². The number of aromatic nitrogens is 2. The topological polar surface area (TPSA) is 75.9 Å². The van der Waals surface area contributed by atoms with Crippen LogP contribution >= 0.6 is 0 Å². The monoisotopic (exact) mass is 388 g/mol. The molecule has 2 heterocycles. The van der Waals surface area contributed by atoms with Gasteiger partial charge in [0.2, 0.25) is 0 Å². The Hall–Kier alpha value is -2.57. The summed E-state index contributed by atoms with van der Waals surface area (Å²) in [5, 5.41) is 2.76. The maximum Gasteiger partial charge on any atom is 0.407 e. The Balaban J connectivity index is 2.17. The molecule has 0 aromatic carbocycles. The van der Waals surface area contributed by atoms with Gasteiger partial charge in [0.15, 0.2) is 5.69 Å². The second-order valence-electron chi connectivity index (χ2n) is 9.22. The molecule has 1 unspecified atom stereocenters. The summed E-state index contributed by atoms with van der Waals surface area (Å²) in [5.41, 5.74) is 0.423. The number of nitrogens with zero attached hydrogens (tertiary/aromatic N) is 3. The molecule has 2 aromatic heterocycles. The van der Waals surface area contributed by atoms with Gasteiger partial charge in [-0.3, -0.25) is 4.79 Å². The number of imidazole rings is 1. The molecule has 28 heavy (non-hydrogen) atoms. The summed E-state index contributed by atoms with van der Waals surface area (Å²) in [6, 6.07) is 5.45. The first-order valence-electron chi connectivity index (χ1n) is 9.52. The third kappa shape index (κ3) is 5.24. The minimum Gasteiger partial charge on any atom is -0.444 e. The van der Waals surface area contributed by atoms with Crippen molar-refractivity contribution < 1.29 is 14.3 Å². The predicted molar refractivity (Wildman–Crippen MR) is 110 cm³/mol. The van der Waals surface area contributed by atoms with Gasteiger partial charge >= 0.3 is 6.09 Å². The molecule has 2 amide bonds. The molecule has 0 aliphatic carbocycles. The van der Waals surface area contributed by atoms with E-state index in [4.69, 9.17) is 4.74 Å². The number of alkyl carbamates (subject to hydrolysis) is 1. The smallest absolute Gasteiger partial charge is 0.407 e. The third-order valence-corrected chi connectivity index (χ3v) is 4.08. The molecule has 7 heteroatoms. The molecule has 154 valence electrons. The van der Waals surface area contributed by atoms with Crippen molar-refractivity contribution >= 4 is 17.5 Å². The second-order valence-corrected chi connectivity index (χ2v) is 9.22. The standard InChI is InChI=1S/C21H32N4O3/c1-14(22-19(27)28-21(5,6)7)13-24(8)17(26)16-15-11-9-10-12-25(15)18(23-16)20(2,3)4/h9-12,14H,13H2,1-8H3,(H,22,27). The summed E-state index contributed by atoms with van der Waals surface area (Å²) < 4.78 is 7.23. The molecule has 0 spiro atoms. The molecule has 2 aromatic rings. The van der Waals surface area contributed by atoms with Gasteiger partial charge in [0.05, 0.1) is 5.52 Å². The van der Waals surface area contributed by atoms with Crippen LogP contribution in [0.15, 0.2) is 24.4 Å². The average molecular weight is 389 g/mol. The lowest BCUT2D eigenvalue weighted by atomic mass is 9.96. The van der Waals surface area contributed by atoms with Crippen molar-refractivity contribution in [2.45, 2.75) is 65.5 Å². The number of amides is 2. The Labute approximate surface area is 167 Å². The first-order chi connectivity index (χ1) is 12.8. The fraction of sp³-hybridized carbons (Fsp3) is 0.571. The fourth-order valence-electron chi connectivity index (χ4n) is 2.95. The SMILES string of the molecule is CC(CN(C)C(=O)c1nc(C(C)(C)C)n2ccccc12)NC(=O)OC(C)(C)C. The first kappa shape index (κ1) is 21.7. The maximum atomic E-state index is 13.1. The van der Waals surface area contributed by atoms with Crippen LogP contribution in [0.1, 0.15) is 64.8 Å². The Morgan fingerprint density at radius 2 is 1.86 bits per heavy atom. The first-order valence-corrected chi connectivity index (χ1v) is 9.52. The molecule has 0 saturated heterocycles. The Morgan fingerprint density at radius 1 is 1.21 bits per heavy atom. The summed E-state index contributed by atoms with van der Waals surface area (Å²) in [4.78, 5) is 31.2. The van der Waals surface area contributed by atoms with E-state index in [9.17, 15) is 9.59 Å². The second kappa shape index (κ2) is 7.81. The minimum atomic E-state index is -0.565. The predicted octanol–water partition coefficient (Wildman–Crippen LogP) is 3.62. The van der Waals surface area contributed by atoms with Gasteiger partial charge in [-0.25, -0.2) is 9.78 Å². The number of carbonyl (C=O) groups excluding carboxylic acids is 2. The average Bonchev–Trinajstić information content (AvgIpc) is 2.91. The van der Waals surface area contributed by atoms with E-state index in [1.165, 1.54) is 0 Å². The molecule has 0 bridgehead atoms. The van der Waals surface area contributed by atoms with Gasteiger partial charge in [-0.2, -0.15) is 0 Å². The molecule has 0 fully saturated rings. The van der Waals surface area contributed by atoms with E-state index in [2.05, 4.69) is 31.1 Å². The summed E-state index contributed by atoms with van der Waals surface area (Å²) in [7, 11) is 1.71. The summed E-state index contributed by atoms with van der Waals surface area (Å²) in [6.45, 7) is 13.8. The zero-order chi connectivity index (χ0) is 21.3. The van der Waals surface area contributed by atoms with Crippen molar-refractivity contribution in [3.05, 3.63) is 35.9 Å². The number of ether oxygens (including phenoxy) is 1. The fourth-order valence-corrected chi connectivity index (χ4v) is 2.95. The normalized spacial score (nSPS) is 13.3. The Bertz CT molecular complexity index is 859. The van der Waals surface area contributed by atoms with E-state index in [1.54, 1.807) is 11.9 Å².